The van der Waals surface area contributed by atoms with Crippen LogP contribution in [-0.2, 0) is 4.79 Å². The number of benzene rings is 1. The van der Waals surface area contributed by atoms with E-state index < -0.39 is 12.1 Å². The van der Waals surface area contributed by atoms with Gasteiger partial charge in [0, 0.05) is 29.5 Å². The molecule has 0 aliphatic rings. The van der Waals surface area contributed by atoms with Crippen molar-refractivity contribution >= 4 is 17.0 Å². The molecule has 0 amide bonds. The van der Waals surface area contributed by atoms with Gasteiger partial charge in [0.25, 0.3) is 0 Å². The van der Waals surface area contributed by atoms with Crippen molar-refractivity contribution in [3.05, 3.63) is 72.8 Å². The fourth-order valence-electron chi connectivity index (χ4n) is 3.53. The van der Waals surface area contributed by atoms with Gasteiger partial charge in [0.15, 0.2) is 5.65 Å². The van der Waals surface area contributed by atoms with E-state index in [2.05, 4.69) is 34.0 Å². The minimum atomic E-state index is -5.10. The summed E-state index contributed by atoms with van der Waals surface area (Å²) in [6.07, 6.45) is 3.08. The van der Waals surface area contributed by atoms with Gasteiger partial charge in [-0.1, -0.05) is 43.7 Å². The molecular weight excluding hydrogens is 409 g/mol. The largest absolute Gasteiger partial charge is 0.493 e. The lowest BCUT2D eigenvalue weighted by Crippen LogP contribution is -2.33. The number of nitrogens with zero attached hydrogens (tertiary/aromatic N) is 4. The second-order valence-corrected chi connectivity index (χ2v) is 7.04. The molecule has 0 radical (unpaired) electrons. The fourth-order valence-corrected chi connectivity index (χ4v) is 3.53. The predicted molar refractivity (Wildman–Crippen MR) is 108 cm³/mol. The third-order valence-electron chi connectivity index (χ3n) is 4.95. The van der Waals surface area contributed by atoms with Crippen LogP contribution in [-0.4, -0.2) is 31.6 Å². The second-order valence-electron chi connectivity index (χ2n) is 7.04. The van der Waals surface area contributed by atoms with Crippen LogP contribution in [0.25, 0.3) is 22.2 Å². The standard InChI is InChI=1S/C22H19F3N4O2/c1-2-6-19(15-7-4-3-5-8-15)28-14-16(13-27-28)17-9-11-26-20-18(17)10-12-29(20)31-21(30)22(23,24)25/h3-5,7-14,19H,2,6H2,1H3/t19-/m0/s1. The zero-order chi connectivity index (χ0) is 22.0. The first-order valence-corrected chi connectivity index (χ1v) is 9.73. The molecule has 0 saturated heterocycles. The normalized spacial score (nSPS) is 12.8. The SMILES string of the molecule is CCC[C@@H](c1ccccc1)n1cc(-c2ccnc3c2ccn3OC(=O)C(F)(F)F)cn1. The van der Waals surface area contributed by atoms with E-state index in [-0.39, 0.29) is 11.7 Å². The van der Waals surface area contributed by atoms with Crippen LogP contribution in [0.1, 0.15) is 31.4 Å². The van der Waals surface area contributed by atoms with E-state index >= 15 is 0 Å². The number of carbonyl (C=O) groups excluding carboxylic acids is 1. The van der Waals surface area contributed by atoms with Crippen LogP contribution in [0.3, 0.4) is 0 Å². The molecule has 6 nitrogen and oxygen atoms in total. The van der Waals surface area contributed by atoms with Gasteiger partial charge in [-0.25, -0.2) is 9.78 Å². The fraction of sp³-hybridized carbons (Fsp3) is 0.227. The molecule has 31 heavy (non-hydrogen) atoms. The molecule has 0 aliphatic carbocycles. The van der Waals surface area contributed by atoms with E-state index in [4.69, 9.17) is 0 Å². The Bertz CT molecular complexity index is 1200. The van der Waals surface area contributed by atoms with E-state index in [1.807, 2.05) is 29.1 Å². The van der Waals surface area contributed by atoms with E-state index in [1.165, 1.54) is 12.4 Å². The number of aromatic nitrogens is 4. The quantitative estimate of drug-likeness (QED) is 0.442. The molecule has 160 valence electrons. The highest BCUT2D eigenvalue weighted by molar-refractivity contribution is 5.93. The number of pyridine rings is 1. The summed E-state index contributed by atoms with van der Waals surface area (Å²) in [7, 11) is 0. The van der Waals surface area contributed by atoms with Gasteiger partial charge < -0.3 is 4.84 Å². The smallest absolute Gasteiger partial charge is 0.326 e. The summed E-state index contributed by atoms with van der Waals surface area (Å²) in [5.74, 6) is -2.31. The minimum absolute atomic E-state index is 0.0645. The summed E-state index contributed by atoms with van der Waals surface area (Å²) in [5.41, 5.74) is 2.76. The molecule has 0 N–H and O–H groups in total. The summed E-state index contributed by atoms with van der Waals surface area (Å²) >= 11 is 0. The number of carbonyl (C=O) groups is 1. The van der Waals surface area contributed by atoms with Gasteiger partial charge in [-0.3, -0.25) is 4.68 Å². The summed E-state index contributed by atoms with van der Waals surface area (Å²) in [4.78, 5) is 19.7. The van der Waals surface area contributed by atoms with Crippen LogP contribution in [0, 0.1) is 0 Å². The number of fused-ring (bicyclic) bond motifs is 1. The topological polar surface area (TPSA) is 61.9 Å². The number of alkyl halides is 3. The molecule has 0 spiro atoms. The Balaban J connectivity index is 1.69. The third kappa shape index (κ3) is 4.16. The maximum atomic E-state index is 12.5. The van der Waals surface area contributed by atoms with Crippen molar-refractivity contribution in [1.82, 2.24) is 19.5 Å². The first-order chi connectivity index (χ1) is 14.9. The first-order valence-electron chi connectivity index (χ1n) is 9.73. The Labute approximate surface area is 175 Å². The van der Waals surface area contributed by atoms with Crippen molar-refractivity contribution in [3.63, 3.8) is 0 Å². The Kier molecular flexibility index (Phi) is 5.50. The van der Waals surface area contributed by atoms with Crippen molar-refractivity contribution in [2.75, 3.05) is 0 Å². The Morgan fingerprint density at radius 2 is 1.94 bits per heavy atom. The van der Waals surface area contributed by atoms with Crippen LogP contribution < -0.4 is 4.84 Å². The molecule has 3 heterocycles. The number of rotatable bonds is 6. The number of hydrogen-bond acceptors (Lipinski definition) is 4. The Hall–Kier alpha value is -3.62. The molecule has 0 aliphatic heterocycles. The van der Waals surface area contributed by atoms with Gasteiger partial charge >= 0.3 is 12.1 Å². The minimum Gasteiger partial charge on any atom is -0.326 e. The molecular formula is C22H19F3N4O2. The first kappa shape index (κ1) is 20.6. The van der Waals surface area contributed by atoms with Crippen molar-refractivity contribution in [2.45, 2.75) is 32.0 Å². The molecule has 0 unspecified atom stereocenters. The van der Waals surface area contributed by atoms with Crippen molar-refractivity contribution < 1.29 is 22.8 Å². The molecule has 1 aromatic carbocycles. The average molecular weight is 428 g/mol. The molecule has 0 saturated carbocycles. The van der Waals surface area contributed by atoms with Crippen LogP contribution >= 0.6 is 0 Å². The van der Waals surface area contributed by atoms with Gasteiger partial charge in [-0.15, -0.1) is 0 Å². The van der Waals surface area contributed by atoms with Crippen molar-refractivity contribution in [1.29, 1.82) is 0 Å². The molecule has 0 fully saturated rings. The number of halogens is 3. The maximum Gasteiger partial charge on any atom is 0.493 e. The van der Waals surface area contributed by atoms with Gasteiger partial charge in [0.2, 0.25) is 0 Å². The number of hydrogen-bond donors (Lipinski definition) is 0. The van der Waals surface area contributed by atoms with E-state index in [1.54, 1.807) is 18.3 Å². The summed E-state index contributed by atoms with van der Waals surface area (Å²) in [6, 6.07) is 13.4. The lowest BCUT2D eigenvalue weighted by Gasteiger charge is -2.17. The van der Waals surface area contributed by atoms with Crippen LogP contribution in [0.15, 0.2) is 67.3 Å². The van der Waals surface area contributed by atoms with Gasteiger partial charge in [-0.05, 0) is 29.7 Å². The molecule has 1 atom stereocenters. The maximum absolute atomic E-state index is 12.5. The van der Waals surface area contributed by atoms with Crippen molar-refractivity contribution in [2.24, 2.45) is 0 Å². The molecule has 0 bridgehead atoms. The van der Waals surface area contributed by atoms with Crippen LogP contribution in [0.5, 0.6) is 0 Å². The summed E-state index contributed by atoms with van der Waals surface area (Å²) in [5, 5.41) is 5.08. The third-order valence-corrected chi connectivity index (χ3v) is 4.95. The van der Waals surface area contributed by atoms with E-state index in [0.717, 1.165) is 34.3 Å². The summed E-state index contributed by atoms with van der Waals surface area (Å²) < 4.78 is 40.3. The second kappa shape index (κ2) is 8.25. The Morgan fingerprint density at radius 1 is 1.16 bits per heavy atom. The highest BCUT2D eigenvalue weighted by Crippen LogP contribution is 2.30. The molecule has 4 rings (SSSR count). The molecule has 9 heteroatoms. The Morgan fingerprint density at radius 3 is 2.65 bits per heavy atom. The lowest BCUT2D eigenvalue weighted by atomic mass is 10.0. The van der Waals surface area contributed by atoms with Gasteiger partial charge in [-0.2, -0.15) is 23.0 Å². The zero-order valence-corrected chi connectivity index (χ0v) is 16.6. The lowest BCUT2D eigenvalue weighted by molar-refractivity contribution is -0.199. The van der Waals surface area contributed by atoms with Crippen LogP contribution in [0.2, 0.25) is 0 Å². The van der Waals surface area contributed by atoms with Gasteiger partial charge in [0.1, 0.15) is 0 Å². The van der Waals surface area contributed by atoms with E-state index in [0.29, 0.717) is 5.39 Å². The summed E-state index contributed by atoms with van der Waals surface area (Å²) in [6.45, 7) is 2.11. The van der Waals surface area contributed by atoms with Gasteiger partial charge in [0.05, 0.1) is 12.2 Å². The highest BCUT2D eigenvalue weighted by atomic mass is 19.4. The van der Waals surface area contributed by atoms with E-state index in [9.17, 15) is 18.0 Å². The molecule has 3 aromatic heterocycles. The van der Waals surface area contributed by atoms with Crippen molar-refractivity contribution in [3.8, 4) is 11.1 Å². The van der Waals surface area contributed by atoms with Crippen LogP contribution in [0.4, 0.5) is 13.2 Å². The monoisotopic (exact) mass is 428 g/mol. The zero-order valence-electron chi connectivity index (χ0n) is 16.6. The average Bonchev–Trinajstić information content (AvgIpc) is 3.39. The molecule has 4 aromatic rings. The highest BCUT2D eigenvalue weighted by Gasteiger charge is 2.42. The predicted octanol–water partition coefficient (Wildman–Crippen LogP) is 4.81.